The molecule has 0 N–H and O–H groups in total. The number of sulfone groups is 1. The summed E-state index contributed by atoms with van der Waals surface area (Å²) in [6, 6.07) is 0. The minimum absolute atomic E-state index is 0.0776. The normalized spacial score (nSPS) is 28.2. The summed E-state index contributed by atoms with van der Waals surface area (Å²) in [5.41, 5.74) is 0. The van der Waals surface area contributed by atoms with Gasteiger partial charge in [-0.2, -0.15) is 0 Å². The molecule has 0 radical (unpaired) electrons. The molecule has 3 nitrogen and oxygen atoms in total. The highest BCUT2D eigenvalue weighted by Gasteiger charge is 2.27. The zero-order chi connectivity index (χ0) is 9.03. The molecule has 1 atom stereocenters. The molecule has 0 spiro atoms. The van der Waals surface area contributed by atoms with Gasteiger partial charge in [-0.05, 0) is 13.3 Å². The summed E-state index contributed by atoms with van der Waals surface area (Å²) in [6.07, 6.45) is 4.35. The van der Waals surface area contributed by atoms with Gasteiger partial charge in [0.2, 0.25) is 0 Å². The molecule has 0 saturated carbocycles. The third kappa shape index (κ3) is 2.95. The molecule has 0 aliphatic carbocycles. The molecule has 0 amide bonds. The lowest BCUT2D eigenvalue weighted by molar-refractivity contribution is 0.0937. The van der Waals surface area contributed by atoms with Crippen LogP contribution in [0.2, 0.25) is 0 Å². The van der Waals surface area contributed by atoms with Crippen LogP contribution in [0.15, 0.2) is 12.2 Å². The first-order valence-corrected chi connectivity index (χ1v) is 5.89. The molecule has 1 aliphatic rings. The van der Waals surface area contributed by atoms with Gasteiger partial charge < -0.3 is 4.74 Å². The van der Waals surface area contributed by atoms with Crippen molar-refractivity contribution in [3.8, 4) is 0 Å². The van der Waals surface area contributed by atoms with Gasteiger partial charge in [0.15, 0.2) is 9.84 Å². The summed E-state index contributed by atoms with van der Waals surface area (Å²) in [6.45, 7) is 2.44. The number of ether oxygens (including phenoxy) is 1. The molecule has 1 rings (SSSR count). The van der Waals surface area contributed by atoms with Crippen LogP contribution in [0.3, 0.4) is 0 Å². The second kappa shape index (κ2) is 4.05. The Labute approximate surface area is 73.3 Å². The molecule has 0 bridgehead atoms. The van der Waals surface area contributed by atoms with E-state index in [1.807, 2.05) is 19.1 Å². The third-order valence-corrected chi connectivity index (χ3v) is 3.59. The quantitative estimate of drug-likeness (QED) is 0.617. The molecule has 1 saturated heterocycles. The van der Waals surface area contributed by atoms with E-state index in [4.69, 9.17) is 4.74 Å². The van der Waals surface area contributed by atoms with E-state index in [1.54, 1.807) is 0 Å². The van der Waals surface area contributed by atoms with E-state index in [0.717, 1.165) is 0 Å². The highest BCUT2D eigenvalue weighted by molar-refractivity contribution is 7.91. The second-order valence-electron chi connectivity index (χ2n) is 2.93. The fourth-order valence-electron chi connectivity index (χ4n) is 1.18. The van der Waals surface area contributed by atoms with Gasteiger partial charge >= 0.3 is 0 Å². The van der Waals surface area contributed by atoms with E-state index in [0.29, 0.717) is 13.0 Å². The van der Waals surface area contributed by atoms with Crippen LogP contribution >= 0.6 is 0 Å². The van der Waals surface area contributed by atoms with Crippen molar-refractivity contribution < 1.29 is 13.2 Å². The van der Waals surface area contributed by atoms with Crippen molar-refractivity contribution in [1.29, 1.82) is 0 Å². The van der Waals surface area contributed by atoms with Crippen molar-refractivity contribution in [2.75, 3.05) is 18.1 Å². The highest BCUT2D eigenvalue weighted by Crippen LogP contribution is 2.14. The van der Waals surface area contributed by atoms with Crippen LogP contribution < -0.4 is 0 Å². The minimum Gasteiger partial charge on any atom is -0.373 e. The lowest BCUT2D eigenvalue weighted by atomic mass is 10.3. The van der Waals surface area contributed by atoms with Gasteiger partial charge in [0, 0.05) is 0 Å². The second-order valence-corrected chi connectivity index (χ2v) is 5.16. The van der Waals surface area contributed by atoms with Crippen LogP contribution in [0.25, 0.3) is 0 Å². The summed E-state index contributed by atoms with van der Waals surface area (Å²) in [5, 5.41) is 0. The molecular weight excluding hydrogens is 176 g/mol. The van der Waals surface area contributed by atoms with Crippen molar-refractivity contribution in [1.82, 2.24) is 0 Å². The maximum absolute atomic E-state index is 11.0. The topological polar surface area (TPSA) is 43.4 Å². The summed E-state index contributed by atoms with van der Waals surface area (Å²) < 4.78 is 27.3. The maximum Gasteiger partial charge on any atom is 0.152 e. The van der Waals surface area contributed by atoms with Gasteiger partial charge in [0.05, 0.1) is 24.2 Å². The Balaban J connectivity index is 2.29. The van der Waals surface area contributed by atoms with Gasteiger partial charge in [-0.3, -0.25) is 0 Å². The van der Waals surface area contributed by atoms with Crippen molar-refractivity contribution in [3.63, 3.8) is 0 Å². The Kier molecular flexibility index (Phi) is 3.29. The Hall–Kier alpha value is -0.350. The first-order valence-electron chi connectivity index (χ1n) is 4.07. The molecule has 0 aromatic carbocycles. The fraction of sp³-hybridized carbons (Fsp3) is 0.750. The molecule has 1 aliphatic heterocycles. The molecule has 1 heterocycles. The smallest absolute Gasteiger partial charge is 0.152 e. The van der Waals surface area contributed by atoms with Crippen LogP contribution in [0, 0.1) is 0 Å². The number of hydrogen-bond acceptors (Lipinski definition) is 3. The fourth-order valence-corrected chi connectivity index (χ4v) is 2.80. The Morgan fingerprint density at radius 3 is 2.83 bits per heavy atom. The van der Waals surface area contributed by atoms with Gasteiger partial charge in [-0.25, -0.2) is 8.42 Å². The van der Waals surface area contributed by atoms with Crippen molar-refractivity contribution in [3.05, 3.63) is 12.2 Å². The van der Waals surface area contributed by atoms with Crippen LogP contribution in [-0.2, 0) is 14.6 Å². The van der Waals surface area contributed by atoms with Crippen LogP contribution in [0.4, 0.5) is 0 Å². The van der Waals surface area contributed by atoms with Gasteiger partial charge in [-0.15, -0.1) is 0 Å². The lowest BCUT2D eigenvalue weighted by Crippen LogP contribution is -2.14. The van der Waals surface area contributed by atoms with Crippen molar-refractivity contribution in [2.45, 2.75) is 19.4 Å². The Morgan fingerprint density at radius 1 is 1.58 bits per heavy atom. The SMILES string of the molecule is C/C=C/CO[C@@H]1CCS(=O)(=O)C1. The zero-order valence-electron chi connectivity index (χ0n) is 7.19. The van der Waals surface area contributed by atoms with E-state index in [9.17, 15) is 8.42 Å². The molecule has 0 unspecified atom stereocenters. The number of hydrogen-bond donors (Lipinski definition) is 0. The molecule has 12 heavy (non-hydrogen) atoms. The Morgan fingerprint density at radius 2 is 2.33 bits per heavy atom. The monoisotopic (exact) mass is 190 g/mol. The molecule has 0 aromatic rings. The van der Waals surface area contributed by atoms with Gasteiger partial charge in [0.25, 0.3) is 0 Å². The number of rotatable bonds is 3. The van der Waals surface area contributed by atoms with Crippen LogP contribution in [0.5, 0.6) is 0 Å². The standard InChI is InChI=1S/C8H14O3S/c1-2-3-5-11-8-4-6-12(9,10)7-8/h2-3,8H,4-7H2,1H3/b3-2+/t8-/m1/s1. The third-order valence-electron chi connectivity index (χ3n) is 1.85. The van der Waals surface area contributed by atoms with E-state index in [1.165, 1.54) is 0 Å². The minimum atomic E-state index is -2.78. The summed E-state index contributed by atoms with van der Waals surface area (Å²) in [4.78, 5) is 0. The van der Waals surface area contributed by atoms with Gasteiger partial charge in [-0.1, -0.05) is 12.2 Å². The first kappa shape index (κ1) is 9.74. The maximum atomic E-state index is 11.0. The van der Waals surface area contributed by atoms with Gasteiger partial charge in [0.1, 0.15) is 0 Å². The van der Waals surface area contributed by atoms with E-state index in [2.05, 4.69) is 0 Å². The lowest BCUT2D eigenvalue weighted by Gasteiger charge is -2.06. The molecular formula is C8H14O3S. The molecule has 70 valence electrons. The molecule has 1 fully saturated rings. The molecule has 4 heteroatoms. The summed E-state index contributed by atoms with van der Waals surface area (Å²) >= 11 is 0. The molecule has 0 aromatic heterocycles. The summed E-state index contributed by atoms with van der Waals surface area (Å²) in [5.74, 6) is 0.484. The predicted octanol–water partition coefficient (Wildman–Crippen LogP) is 0.766. The Bertz CT molecular complexity index is 253. The predicted molar refractivity (Wildman–Crippen MR) is 47.8 cm³/mol. The van der Waals surface area contributed by atoms with Crippen molar-refractivity contribution >= 4 is 9.84 Å². The highest BCUT2D eigenvalue weighted by atomic mass is 32.2. The summed E-state index contributed by atoms with van der Waals surface area (Å²) in [7, 11) is -2.78. The van der Waals surface area contributed by atoms with Crippen LogP contribution in [-0.4, -0.2) is 32.6 Å². The van der Waals surface area contributed by atoms with Crippen LogP contribution in [0.1, 0.15) is 13.3 Å². The largest absolute Gasteiger partial charge is 0.373 e. The average Bonchev–Trinajstić information content (AvgIpc) is 2.31. The first-order chi connectivity index (χ1) is 5.64. The van der Waals surface area contributed by atoms with Crippen molar-refractivity contribution in [2.24, 2.45) is 0 Å². The van der Waals surface area contributed by atoms with E-state index in [-0.39, 0.29) is 17.6 Å². The average molecular weight is 190 g/mol. The zero-order valence-corrected chi connectivity index (χ0v) is 8.01. The number of allylic oxidation sites excluding steroid dienone is 1. The van der Waals surface area contributed by atoms with E-state index < -0.39 is 9.84 Å². The van der Waals surface area contributed by atoms with E-state index >= 15 is 0 Å².